The number of aliphatic hydroxyl groups excluding tert-OH is 1. The molecule has 34 heteroatoms. The van der Waals surface area contributed by atoms with Gasteiger partial charge in [0.05, 0.1) is 21.8 Å². The molecule has 0 aromatic carbocycles. The van der Waals surface area contributed by atoms with Crippen molar-refractivity contribution in [3.8, 4) is 0 Å². The minimum atomic E-state index is -2.84. The lowest BCUT2D eigenvalue weighted by Crippen LogP contribution is -2.52. The Labute approximate surface area is 742 Å². The van der Waals surface area contributed by atoms with Crippen molar-refractivity contribution >= 4 is 67.7 Å². The van der Waals surface area contributed by atoms with E-state index in [-0.39, 0.29) is 105 Å². The Bertz CT molecular complexity index is 3630. The molecule has 5 saturated heterocycles. The number of halogens is 4. The van der Waals surface area contributed by atoms with Crippen molar-refractivity contribution in [2.45, 2.75) is 432 Å². The van der Waals surface area contributed by atoms with Gasteiger partial charge in [-0.25, -0.2) is 60.1 Å². The number of nitrogens with zero attached hydrogens (tertiary/aromatic N) is 4. The molecule has 0 aromatic rings. The van der Waals surface area contributed by atoms with Crippen LogP contribution < -0.4 is 31.7 Å². The van der Waals surface area contributed by atoms with Gasteiger partial charge in [0, 0.05) is 133 Å². The average Bonchev–Trinajstić information content (AvgIpc) is 1.61. The van der Waals surface area contributed by atoms with Crippen LogP contribution in [-0.4, -0.2) is 249 Å². The molecule has 8 N–H and O–H groups in total. The molecule has 5 aliphatic carbocycles. The van der Waals surface area contributed by atoms with Gasteiger partial charge in [0.15, 0.2) is 8.32 Å². The number of nitrogens with two attached hydrogens (primary N) is 1. The molecule has 124 heavy (non-hydrogen) atoms. The second kappa shape index (κ2) is 40.0. The minimum absolute atomic E-state index is 0.00282. The van der Waals surface area contributed by atoms with Crippen LogP contribution in [-0.2, 0) is 53.4 Å². The highest BCUT2D eigenvalue weighted by atomic mass is 32.2. The molecule has 0 radical (unpaired) electrons. The van der Waals surface area contributed by atoms with Crippen LogP contribution in [0.5, 0.6) is 0 Å². The Balaban J connectivity index is 0.000000244. The number of alkyl halides is 4. The molecule has 5 spiro atoms. The summed E-state index contributed by atoms with van der Waals surface area (Å²) >= 11 is 0. The van der Waals surface area contributed by atoms with Gasteiger partial charge in [0.2, 0.25) is 5.92 Å². The van der Waals surface area contributed by atoms with E-state index in [9.17, 15) is 65.2 Å². The van der Waals surface area contributed by atoms with Crippen LogP contribution in [0.3, 0.4) is 0 Å². The van der Waals surface area contributed by atoms with E-state index in [2.05, 4.69) is 59.9 Å². The second-order valence-electron chi connectivity index (χ2n) is 46.6. The predicted molar refractivity (Wildman–Crippen MR) is 474 cm³/mol. The maximum atomic E-state index is 14.2. The van der Waals surface area contributed by atoms with E-state index in [1.807, 2.05) is 130 Å². The lowest BCUT2D eigenvalue weighted by Gasteiger charge is -2.44. The molecule has 5 heterocycles. The fourth-order valence-corrected chi connectivity index (χ4v) is 20.9. The number of nitrogens with one attached hydrogen (secondary N) is 5. The van der Waals surface area contributed by atoms with Crippen molar-refractivity contribution in [3.63, 3.8) is 0 Å². The molecule has 718 valence electrons. The fourth-order valence-electron chi connectivity index (χ4n) is 18.5. The summed E-state index contributed by atoms with van der Waals surface area (Å²) in [6.07, 6.45) is 6.68. The molecule has 8 unspecified atom stereocenters. The van der Waals surface area contributed by atoms with Gasteiger partial charge in [-0.3, -0.25) is 4.79 Å². The van der Waals surface area contributed by atoms with Gasteiger partial charge in [0.1, 0.15) is 45.0 Å². The molecule has 28 nitrogen and oxygen atoms in total. The highest BCUT2D eigenvalue weighted by molar-refractivity contribution is 7.84. The van der Waals surface area contributed by atoms with Gasteiger partial charge in [-0.15, -0.1) is 0 Å². The van der Waals surface area contributed by atoms with Gasteiger partial charge in [-0.1, -0.05) is 20.8 Å². The monoisotopic (exact) mass is 1810 g/mol. The van der Waals surface area contributed by atoms with Crippen LogP contribution in [0.15, 0.2) is 0 Å². The maximum Gasteiger partial charge on any atom is 0.410 e. The van der Waals surface area contributed by atoms with Gasteiger partial charge in [0.25, 0.3) is 5.92 Å². The third kappa shape index (κ3) is 32.5. The van der Waals surface area contributed by atoms with E-state index < -0.39 is 119 Å². The number of hydrogen-bond donors (Lipinski definition) is 7. The molecule has 7 amide bonds. The first kappa shape index (κ1) is 107. The highest BCUT2D eigenvalue weighted by Crippen LogP contribution is 2.56. The van der Waals surface area contributed by atoms with Crippen molar-refractivity contribution in [3.05, 3.63) is 0 Å². The topological polar surface area (TPSA) is 347 Å². The maximum absolute atomic E-state index is 14.2. The largest absolute Gasteiger partial charge is 0.444 e. The minimum Gasteiger partial charge on any atom is -0.444 e. The summed E-state index contributed by atoms with van der Waals surface area (Å²) in [7, 11) is -3.04. The number of ether oxygens (including phenoxy) is 7. The van der Waals surface area contributed by atoms with Crippen molar-refractivity contribution < 1.29 is 103 Å². The Morgan fingerprint density at radius 2 is 0.750 bits per heavy atom. The Morgan fingerprint density at radius 1 is 0.427 bits per heavy atom. The third-order valence-electron chi connectivity index (χ3n) is 25.6. The summed E-state index contributed by atoms with van der Waals surface area (Å²) in [6.45, 7) is 61.5. The highest BCUT2D eigenvalue weighted by Gasteiger charge is 2.60. The lowest BCUT2D eigenvalue weighted by atomic mass is 9.74. The Hall–Kier alpha value is -5.55. The van der Waals surface area contributed by atoms with Gasteiger partial charge < -0.3 is 89.3 Å². The summed E-state index contributed by atoms with van der Waals surface area (Å²) in [5.41, 5.74) is 0.316. The summed E-state index contributed by atoms with van der Waals surface area (Å²) in [5, 5.41) is 22.0. The second-order valence-corrected chi connectivity index (χ2v) is 53.4. The zero-order chi connectivity index (χ0) is 94.5. The molecular formula is C90H162F4N10O18SSi. The molecule has 5 aliphatic heterocycles. The van der Waals surface area contributed by atoms with E-state index in [0.29, 0.717) is 104 Å². The predicted octanol–water partition coefficient (Wildman–Crippen LogP) is 17.4. The first-order valence-corrected chi connectivity index (χ1v) is 49.2. The molecule has 0 bridgehead atoms. The number of rotatable bonds is 7. The standard InChI is InChI=1S/C24H48N2O4SSi.C19H32F2N2O4.C19H34N2O5.C19H32N2O5.C9H16F2N2/c1-21(2,3)29-20(27)26-14-12-24(13-15-26)17-18(30-32(10,11)23(7,8)9)16-19(24)25-31(28)22(4,5)6;1-16(2,3)26-14(24)22-13-11-19(20,21)12-18(13)7-9-23(10-8-18)15(25)27-17(4,5)6;2*1-17(2,3)25-15(23)20-14-11-13(22)12-19(14)7-9-21(10-8-19)16(24)26-18(4,5)6;10-9(11)5-7(12)8(6-9)1-3-13-4-2-8/h18-19,25H,12-17H2,1-11H3;13H,7-12H2,1-6H3,(H,22,24);13-14,22H,7-12H2,1-6H3,(H,20,23);14H,7-12H2,1-6H3,(H,20,23);7,13H,1-6,12H2. The lowest BCUT2D eigenvalue weighted by molar-refractivity contribution is -0.118. The van der Waals surface area contributed by atoms with E-state index in [1.165, 1.54) is 0 Å². The van der Waals surface area contributed by atoms with Crippen LogP contribution >= 0.6 is 0 Å². The number of likely N-dealkylation sites (tertiary alicyclic amines) is 4. The third-order valence-corrected chi connectivity index (χ3v) is 31.8. The average molecular weight is 1810 g/mol. The van der Waals surface area contributed by atoms with Crippen LogP contribution in [0.2, 0.25) is 18.1 Å². The van der Waals surface area contributed by atoms with E-state index >= 15 is 0 Å². The molecule has 0 aromatic heterocycles. The van der Waals surface area contributed by atoms with Gasteiger partial charge >= 0.3 is 42.7 Å². The number of carbonyl (C=O) groups is 8. The number of carbonyl (C=O) groups excluding carboxylic acids is 8. The van der Waals surface area contributed by atoms with Crippen molar-refractivity contribution in [1.29, 1.82) is 0 Å². The number of amides is 7. The summed E-state index contributed by atoms with van der Waals surface area (Å²) in [5.74, 6) is -5.21. The zero-order valence-electron chi connectivity index (χ0n) is 80.9. The molecule has 10 aliphatic rings. The van der Waals surface area contributed by atoms with Gasteiger partial charge in [-0.2, -0.15) is 0 Å². The Morgan fingerprint density at radius 3 is 1.09 bits per heavy atom. The Kier molecular flexibility index (Phi) is 34.6. The smallest absolute Gasteiger partial charge is 0.410 e. The normalized spacial score (nSPS) is 26.1. The van der Waals surface area contributed by atoms with Crippen molar-refractivity contribution in [1.82, 2.24) is 45.6 Å². The van der Waals surface area contributed by atoms with Crippen LogP contribution in [0, 0.1) is 27.1 Å². The molecule has 5 saturated carbocycles. The zero-order valence-corrected chi connectivity index (χ0v) is 82.7. The number of hydrogen-bond acceptors (Lipinski definition) is 20. The number of Topliss-reactive ketones (excluding diaryl/α,β-unsaturated/α-hetero) is 1. The van der Waals surface area contributed by atoms with Crippen LogP contribution in [0.1, 0.15) is 315 Å². The summed E-state index contributed by atoms with van der Waals surface area (Å²) in [4.78, 5) is 105. The van der Waals surface area contributed by atoms with Crippen LogP contribution in [0.4, 0.5) is 51.1 Å². The first-order chi connectivity index (χ1) is 56.0. The summed E-state index contributed by atoms with van der Waals surface area (Å²) in [6, 6.07) is -1.25. The molecular weight excluding hydrogens is 1650 g/mol. The van der Waals surface area contributed by atoms with E-state index in [4.69, 9.17) is 43.3 Å². The molecule has 10 fully saturated rings. The van der Waals surface area contributed by atoms with Crippen molar-refractivity contribution in [2.24, 2.45) is 32.8 Å². The quantitative estimate of drug-likeness (QED) is 0.0707. The number of alkyl carbamates (subject to hydrolysis) is 3. The van der Waals surface area contributed by atoms with Crippen molar-refractivity contribution in [2.75, 3.05) is 65.4 Å². The summed E-state index contributed by atoms with van der Waals surface area (Å²) < 4.78 is 115. The van der Waals surface area contributed by atoms with Crippen LogP contribution in [0.25, 0.3) is 0 Å². The van der Waals surface area contributed by atoms with E-state index in [0.717, 1.165) is 64.5 Å². The number of aliphatic hydroxyl groups is 1. The number of piperidine rings is 5. The molecule has 8 atom stereocenters. The molecule has 10 rings (SSSR count). The SMILES string of the molecule is CC(C)(C)OC(=O)N1CCC2(CC1)CC(O[Si](C)(C)C(C)(C)C)CC2NS(=O)C(C)(C)C.CC(C)(C)OC(=O)NC1CC(=O)CC12CCN(C(=O)OC(C)(C)C)CC2.CC(C)(C)OC(=O)NC1CC(F)(F)CC12CCN(C(=O)OC(C)(C)C)CC2.CC(C)(C)OC(=O)NC1CC(O)CC12CCN(C(=O)OC(C)(C)C)CC2.NC1CC(F)(F)CC12CCNCC2. The fraction of sp³-hybridized carbons (Fsp3) is 0.911. The van der Waals surface area contributed by atoms with Gasteiger partial charge in [-0.05, 0) is 309 Å². The van der Waals surface area contributed by atoms with E-state index in [1.54, 1.807) is 56.2 Å². The first-order valence-electron chi connectivity index (χ1n) is 45.2. The number of ketones is 1.